The van der Waals surface area contributed by atoms with Crippen LogP contribution in [0.5, 0.6) is 0 Å². The molecule has 0 atom stereocenters. The summed E-state index contributed by atoms with van der Waals surface area (Å²) < 4.78 is 0. The average Bonchev–Trinajstić information content (AvgIpc) is 3.18. The summed E-state index contributed by atoms with van der Waals surface area (Å²) in [5.74, 6) is 0. The standard InChI is InChI=1S/C17H19N3/c1-3-13(17-19-9-10-20-17)4-2-12(1)14-5-6-16-15(11-14)7-8-18-16/h1-6,11,17-20H,7-10H2. The van der Waals surface area contributed by atoms with Crippen molar-refractivity contribution in [1.82, 2.24) is 10.6 Å². The number of hydrogen-bond acceptors (Lipinski definition) is 3. The van der Waals surface area contributed by atoms with Crippen molar-refractivity contribution in [2.75, 3.05) is 25.0 Å². The Bertz CT molecular complexity index is 613. The molecule has 0 aromatic heterocycles. The molecular formula is C17H19N3. The van der Waals surface area contributed by atoms with Gasteiger partial charge in [-0.3, -0.25) is 10.6 Å². The summed E-state index contributed by atoms with van der Waals surface area (Å²) in [5.41, 5.74) is 6.65. The maximum atomic E-state index is 3.45. The highest BCUT2D eigenvalue weighted by Gasteiger charge is 2.15. The third kappa shape index (κ3) is 2.09. The van der Waals surface area contributed by atoms with E-state index in [1.54, 1.807) is 0 Å². The van der Waals surface area contributed by atoms with Crippen LogP contribution in [0.3, 0.4) is 0 Å². The molecule has 20 heavy (non-hydrogen) atoms. The number of nitrogens with one attached hydrogen (secondary N) is 3. The second-order valence-electron chi connectivity index (χ2n) is 5.51. The van der Waals surface area contributed by atoms with Crippen LogP contribution in [-0.4, -0.2) is 19.6 Å². The third-order valence-corrected chi connectivity index (χ3v) is 4.21. The smallest absolute Gasteiger partial charge is 0.0836 e. The van der Waals surface area contributed by atoms with E-state index in [4.69, 9.17) is 0 Å². The topological polar surface area (TPSA) is 36.1 Å². The minimum Gasteiger partial charge on any atom is -0.384 e. The number of fused-ring (bicyclic) bond motifs is 1. The lowest BCUT2D eigenvalue weighted by molar-refractivity contribution is 0.588. The van der Waals surface area contributed by atoms with Gasteiger partial charge in [0.1, 0.15) is 0 Å². The van der Waals surface area contributed by atoms with Crippen LogP contribution in [0.25, 0.3) is 11.1 Å². The number of hydrogen-bond donors (Lipinski definition) is 3. The lowest BCUT2D eigenvalue weighted by Crippen LogP contribution is -2.20. The van der Waals surface area contributed by atoms with Crippen molar-refractivity contribution >= 4 is 5.69 Å². The molecule has 0 radical (unpaired) electrons. The van der Waals surface area contributed by atoms with Crippen LogP contribution in [-0.2, 0) is 6.42 Å². The molecule has 3 N–H and O–H groups in total. The van der Waals surface area contributed by atoms with Gasteiger partial charge >= 0.3 is 0 Å². The van der Waals surface area contributed by atoms with E-state index in [0.29, 0.717) is 6.17 Å². The van der Waals surface area contributed by atoms with Gasteiger partial charge in [0.2, 0.25) is 0 Å². The van der Waals surface area contributed by atoms with Crippen molar-refractivity contribution in [2.24, 2.45) is 0 Å². The average molecular weight is 265 g/mol. The monoisotopic (exact) mass is 265 g/mol. The maximum Gasteiger partial charge on any atom is 0.0836 e. The maximum absolute atomic E-state index is 3.45. The van der Waals surface area contributed by atoms with Gasteiger partial charge in [-0.05, 0) is 40.8 Å². The SMILES string of the molecule is c1cc(C2NCCN2)ccc1-c1ccc2c(c1)CCN2. The summed E-state index contributed by atoms with van der Waals surface area (Å²) in [4.78, 5) is 0. The van der Waals surface area contributed by atoms with E-state index in [1.165, 1.54) is 27.9 Å². The van der Waals surface area contributed by atoms with Gasteiger partial charge in [-0.15, -0.1) is 0 Å². The fourth-order valence-electron chi connectivity index (χ4n) is 3.09. The molecule has 0 aliphatic carbocycles. The van der Waals surface area contributed by atoms with E-state index in [2.05, 4.69) is 58.4 Å². The van der Waals surface area contributed by atoms with E-state index in [1.807, 2.05) is 0 Å². The zero-order chi connectivity index (χ0) is 13.4. The Labute approximate surface area is 119 Å². The Kier molecular flexibility index (Phi) is 2.94. The second-order valence-corrected chi connectivity index (χ2v) is 5.51. The fraction of sp³-hybridized carbons (Fsp3) is 0.294. The van der Waals surface area contributed by atoms with Gasteiger partial charge in [-0.25, -0.2) is 0 Å². The van der Waals surface area contributed by atoms with Crippen molar-refractivity contribution in [2.45, 2.75) is 12.6 Å². The van der Waals surface area contributed by atoms with E-state index in [-0.39, 0.29) is 0 Å². The van der Waals surface area contributed by atoms with Gasteiger partial charge in [0.25, 0.3) is 0 Å². The molecule has 1 saturated heterocycles. The normalized spacial score (nSPS) is 18.0. The first-order valence-electron chi connectivity index (χ1n) is 7.34. The highest BCUT2D eigenvalue weighted by molar-refractivity contribution is 5.70. The first-order chi connectivity index (χ1) is 9.90. The molecule has 4 rings (SSSR count). The summed E-state index contributed by atoms with van der Waals surface area (Å²) in [5, 5.41) is 10.3. The molecule has 2 heterocycles. The van der Waals surface area contributed by atoms with E-state index in [0.717, 1.165) is 26.1 Å². The van der Waals surface area contributed by atoms with Crippen LogP contribution in [0.2, 0.25) is 0 Å². The highest BCUT2D eigenvalue weighted by Crippen LogP contribution is 2.29. The summed E-state index contributed by atoms with van der Waals surface area (Å²) in [6.07, 6.45) is 1.45. The van der Waals surface area contributed by atoms with Gasteiger partial charge in [0.05, 0.1) is 6.17 Å². The molecule has 0 unspecified atom stereocenters. The highest BCUT2D eigenvalue weighted by atomic mass is 15.2. The molecule has 2 aromatic carbocycles. The van der Waals surface area contributed by atoms with Crippen LogP contribution in [0.15, 0.2) is 42.5 Å². The van der Waals surface area contributed by atoms with Gasteiger partial charge in [-0.1, -0.05) is 30.3 Å². The Morgan fingerprint density at radius 2 is 1.55 bits per heavy atom. The number of anilines is 1. The lowest BCUT2D eigenvalue weighted by atomic mass is 10.00. The summed E-state index contributed by atoms with van der Waals surface area (Å²) in [6, 6.07) is 15.6. The molecule has 2 aliphatic heterocycles. The van der Waals surface area contributed by atoms with Crippen LogP contribution in [0.1, 0.15) is 17.3 Å². The molecular weight excluding hydrogens is 246 g/mol. The number of benzene rings is 2. The molecule has 102 valence electrons. The number of rotatable bonds is 2. The second kappa shape index (κ2) is 4.93. The van der Waals surface area contributed by atoms with E-state index < -0.39 is 0 Å². The molecule has 1 fully saturated rings. The molecule has 0 spiro atoms. The largest absolute Gasteiger partial charge is 0.384 e. The summed E-state index contributed by atoms with van der Waals surface area (Å²) >= 11 is 0. The Morgan fingerprint density at radius 1 is 0.800 bits per heavy atom. The molecule has 0 amide bonds. The van der Waals surface area contributed by atoms with Crippen LogP contribution < -0.4 is 16.0 Å². The molecule has 2 aromatic rings. The van der Waals surface area contributed by atoms with Crippen molar-refractivity contribution < 1.29 is 0 Å². The first-order valence-corrected chi connectivity index (χ1v) is 7.34. The Balaban J connectivity index is 1.62. The van der Waals surface area contributed by atoms with Crippen LogP contribution >= 0.6 is 0 Å². The molecule has 0 saturated carbocycles. The molecule has 3 heteroatoms. The third-order valence-electron chi connectivity index (χ3n) is 4.21. The van der Waals surface area contributed by atoms with E-state index >= 15 is 0 Å². The van der Waals surface area contributed by atoms with Crippen LogP contribution in [0.4, 0.5) is 5.69 Å². The first kappa shape index (κ1) is 11.9. The van der Waals surface area contributed by atoms with Gasteiger partial charge in [0, 0.05) is 25.3 Å². The minimum atomic E-state index is 0.313. The van der Waals surface area contributed by atoms with Crippen molar-refractivity contribution in [3.63, 3.8) is 0 Å². The Hall–Kier alpha value is -1.84. The molecule has 3 nitrogen and oxygen atoms in total. The van der Waals surface area contributed by atoms with Crippen LogP contribution in [0, 0.1) is 0 Å². The molecule has 2 aliphatic rings. The summed E-state index contributed by atoms with van der Waals surface area (Å²) in [7, 11) is 0. The van der Waals surface area contributed by atoms with Gasteiger partial charge in [0.15, 0.2) is 0 Å². The lowest BCUT2D eigenvalue weighted by Gasteiger charge is -2.12. The predicted octanol–water partition coefficient (Wildman–Crippen LogP) is 2.51. The minimum absolute atomic E-state index is 0.313. The van der Waals surface area contributed by atoms with Gasteiger partial charge < -0.3 is 5.32 Å². The zero-order valence-corrected chi connectivity index (χ0v) is 11.4. The fourth-order valence-corrected chi connectivity index (χ4v) is 3.09. The Morgan fingerprint density at radius 3 is 2.35 bits per heavy atom. The van der Waals surface area contributed by atoms with Crippen molar-refractivity contribution in [3.8, 4) is 11.1 Å². The van der Waals surface area contributed by atoms with E-state index in [9.17, 15) is 0 Å². The zero-order valence-electron chi connectivity index (χ0n) is 11.4. The van der Waals surface area contributed by atoms with Crippen molar-refractivity contribution in [1.29, 1.82) is 0 Å². The quantitative estimate of drug-likeness (QED) is 0.781. The van der Waals surface area contributed by atoms with Gasteiger partial charge in [-0.2, -0.15) is 0 Å². The van der Waals surface area contributed by atoms with Crippen molar-refractivity contribution in [3.05, 3.63) is 53.6 Å². The molecule has 0 bridgehead atoms. The predicted molar refractivity (Wildman–Crippen MR) is 82.8 cm³/mol. The summed E-state index contributed by atoms with van der Waals surface area (Å²) in [6.45, 7) is 3.16.